The van der Waals surface area contributed by atoms with Crippen molar-refractivity contribution in [2.45, 2.75) is 46.1 Å². The molecule has 1 aromatic heterocycles. The van der Waals surface area contributed by atoms with Crippen molar-refractivity contribution in [3.05, 3.63) is 83.2 Å². The van der Waals surface area contributed by atoms with E-state index in [0.29, 0.717) is 29.9 Å². The van der Waals surface area contributed by atoms with Gasteiger partial charge in [0.1, 0.15) is 0 Å². The smallest absolute Gasteiger partial charge is 0.254 e. The van der Waals surface area contributed by atoms with Crippen LogP contribution in [0.25, 0.3) is 0 Å². The molecule has 0 aliphatic rings. The Morgan fingerprint density at radius 2 is 1.45 bits per heavy atom. The highest BCUT2D eigenvalue weighted by atomic mass is 16.1. The van der Waals surface area contributed by atoms with E-state index in [0.717, 1.165) is 11.3 Å². The highest BCUT2D eigenvalue weighted by molar-refractivity contribution is 5.93. The molecule has 5 heteroatoms. The number of anilines is 2. The Hall–Kier alpha value is -3.21. The number of carbonyl (C=O) groups is 1. The summed E-state index contributed by atoms with van der Waals surface area (Å²) in [5.74, 6) is 1.05. The number of amides is 1. The van der Waals surface area contributed by atoms with Crippen molar-refractivity contribution in [1.29, 1.82) is 0 Å². The van der Waals surface area contributed by atoms with Crippen LogP contribution in [0.15, 0.2) is 60.9 Å². The number of hydrogen-bond acceptors (Lipinski definition) is 4. The molecule has 1 heterocycles. The average molecular weight is 389 g/mol. The molecule has 1 amide bonds. The number of nitrogens with one attached hydrogen (secondary N) is 2. The van der Waals surface area contributed by atoms with E-state index in [1.807, 2.05) is 30.3 Å². The third kappa shape index (κ3) is 5.19. The van der Waals surface area contributed by atoms with Gasteiger partial charge in [0.25, 0.3) is 5.91 Å². The molecule has 2 N–H and O–H groups in total. The van der Waals surface area contributed by atoms with Crippen molar-refractivity contribution < 1.29 is 4.79 Å². The van der Waals surface area contributed by atoms with Gasteiger partial charge in [-0.15, -0.1) is 0 Å². The Morgan fingerprint density at radius 3 is 2.00 bits per heavy atom. The highest BCUT2D eigenvalue weighted by Gasteiger charge is 2.15. The first-order valence-corrected chi connectivity index (χ1v) is 9.99. The van der Waals surface area contributed by atoms with E-state index in [1.165, 1.54) is 11.1 Å². The molecular weight excluding hydrogens is 360 g/mol. The second-order valence-electron chi connectivity index (χ2n) is 7.71. The van der Waals surface area contributed by atoms with Gasteiger partial charge >= 0.3 is 0 Å². The molecule has 29 heavy (non-hydrogen) atoms. The van der Waals surface area contributed by atoms with Crippen LogP contribution < -0.4 is 10.6 Å². The standard InChI is InChI=1S/C24H28N4O/c1-16(2)20-11-8-12-21(17(3)4)22(20)28-24-26-14-19(15-27-24)23(29)25-13-18-9-6-5-7-10-18/h5-12,14-17H,13H2,1-4H3,(H,25,29)(H,26,27,28). The van der Waals surface area contributed by atoms with Crippen molar-refractivity contribution in [3.63, 3.8) is 0 Å². The zero-order valence-corrected chi connectivity index (χ0v) is 17.4. The molecule has 0 saturated heterocycles. The lowest BCUT2D eigenvalue weighted by Gasteiger charge is -2.20. The van der Waals surface area contributed by atoms with E-state index in [2.05, 4.69) is 66.5 Å². The summed E-state index contributed by atoms with van der Waals surface area (Å²) < 4.78 is 0. The number of carbonyl (C=O) groups excluding carboxylic acids is 1. The summed E-state index contributed by atoms with van der Waals surface area (Å²) in [4.78, 5) is 21.1. The van der Waals surface area contributed by atoms with Crippen LogP contribution in [0.3, 0.4) is 0 Å². The monoisotopic (exact) mass is 388 g/mol. The van der Waals surface area contributed by atoms with E-state index in [4.69, 9.17) is 0 Å². The van der Waals surface area contributed by atoms with Gasteiger partial charge < -0.3 is 10.6 Å². The van der Waals surface area contributed by atoms with Gasteiger partial charge in [-0.05, 0) is 28.5 Å². The first-order chi connectivity index (χ1) is 14.0. The number of hydrogen-bond donors (Lipinski definition) is 2. The number of aromatic nitrogens is 2. The predicted octanol–water partition coefficient (Wildman–Crippen LogP) is 5.40. The maximum atomic E-state index is 12.4. The van der Waals surface area contributed by atoms with Gasteiger partial charge in [-0.25, -0.2) is 9.97 Å². The van der Waals surface area contributed by atoms with Gasteiger partial charge in [0.05, 0.1) is 5.56 Å². The first-order valence-electron chi connectivity index (χ1n) is 9.99. The van der Waals surface area contributed by atoms with Crippen molar-refractivity contribution in [1.82, 2.24) is 15.3 Å². The Labute approximate surface area is 172 Å². The van der Waals surface area contributed by atoms with Gasteiger partial charge in [0.15, 0.2) is 0 Å². The maximum Gasteiger partial charge on any atom is 0.254 e. The van der Waals surface area contributed by atoms with Gasteiger partial charge in [-0.3, -0.25) is 4.79 Å². The highest BCUT2D eigenvalue weighted by Crippen LogP contribution is 2.33. The van der Waals surface area contributed by atoms with Crippen molar-refractivity contribution in [3.8, 4) is 0 Å². The average Bonchev–Trinajstić information content (AvgIpc) is 2.73. The summed E-state index contributed by atoms with van der Waals surface area (Å²) >= 11 is 0. The summed E-state index contributed by atoms with van der Waals surface area (Å²) in [6.45, 7) is 9.16. The fraction of sp³-hybridized carbons (Fsp3) is 0.292. The van der Waals surface area contributed by atoms with E-state index >= 15 is 0 Å². The maximum absolute atomic E-state index is 12.4. The third-order valence-corrected chi connectivity index (χ3v) is 4.82. The first kappa shape index (κ1) is 20.5. The molecule has 0 radical (unpaired) electrons. The summed E-state index contributed by atoms with van der Waals surface area (Å²) in [6, 6.07) is 16.2. The van der Waals surface area contributed by atoms with Crippen LogP contribution in [0, 0.1) is 0 Å². The molecule has 3 rings (SSSR count). The van der Waals surface area contributed by atoms with Gasteiger partial charge in [-0.2, -0.15) is 0 Å². The zero-order chi connectivity index (χ0) is 20.8. The molecule has 150 valence electrons. The third-order valence-electron chi connectivity index (χ3n) is 4.82. The van der Waals surface area contributed by atoms with Crippen LogP contribution >= 0.6 is 0 Å². The van der Waals surface area contributed by atoms with Gasteiger partial charge in [0, 0.05) is 24.6 Å². The minimum absolute atomic E-state index is 0.189. The molecule has 0 fully saturated rings. The van der Waals surface area contributed by atoms with Gasteiger partial charge in [0.2, 0.25) is 5.95 Å². The summed E-state index contributed by atoms with van der Waals surface area (Å²) in [6.07, 6.45) is 3.12. The van der Waals surface area contributed by atoms with Crippen LogP contribution in [-0.2, 0) is 6.54 Å². The molecule has 5 nitrogen and oxygen atoms in total. The second kappa shape index (κ2) is 9.32. The molecule has 0 bridgehead atoms. The quantitative estimate of drug-likeness (QED) is 0.569. The molecule has 0 atom stereocenters. The molecule has 3 aromatic rings. The predicted molar refractivity (Wildman–Crippen MR) is 118 cm³/mol. The van der Waals surface area contributed by atoms with Crippen LogP contribution in [0.4, 0.5) is 11.6 Å². The Kier molecular flexibility index (Phi) is 6.60. The fourth-order valence-corrected chi connectivity index (χ4v) is 3.20. The lowest BCUT2D eigenvalue weighted by molar-refractivity contribution is 0.0950. The minimum Gasteiger partial charge on any atom is -0.348 e. The normalized spacial score (nSPS) is 11.0. The Bertz CT molecular complexity index is 924. The molecular formula is C24H28N4O. The van der Waals surface area contributed by atoms with Crippen molar-refractivity contribution in [2.24, 2.45) is 0 Å². The number of nitrogens with zero attached hydrogens (tertiary/aromatic N) is 2. The largest absolute Gasteiger partial charge is 0.348 e. The lowest BCUT2D eigenvalue weighted by atomic mass is 9.93. The van der Waals surface area contributed by atoms with Crippen LogP contribution in [0.2, 0.25) is 0 Å². The van der Waals surface area contributed by atoms with Crippen molar-refractivity contribution >= 4 is 17.5 Å². The lowest BCUT2D eigenvalue weighted by Crippen LogP contribution is -2.23. The molecule has 0 spiro atoms. The summed E-state index contributed by atoms with van der Waals surface area (Å²) in [5, 5.41) is 6.27. The second-order valence-corrected chi connectivity index (χ2v) is 7.71. The van der Waals surface area contributed by atoms with E-state index < -0.39 is 0 Å². The molecule has 0 unspecified atom stereocenters. The molecule has 0 aliphatic heterocycles. The number of benzene rings is 2. The number of rotatable bonds is 7. The summed E-state index contributed by atoms with van der Waals surface area (Å²) in [5.41, 5.74) is 4.99. The minimum atomic E-state index is -0.189. The fourth-order valence-electron chi connectivity index (χ4n) is 3.20. The van der Waals surface area contributed by atoms with Gasteiger partial charge in [-0.1, -0.05) is 76.2 Å². The topological polar surface area (TPSA) is 66.9 Å². The SMILES string of the molecule is CC(C)c1cccc(C(C)C)c1Nc1ncc(C(=O)NCc2ccccc2)cn1. The Morgan fingerprint density at radius 1 is 0.862 bits per heavy atom. The van der Waals surface area contributed by atoms with E-state index in [9.17, 15) is 4.79 Å². The van der Waals surface area contributed by atoms with Crippen LogP contribution in [-0.4, -0.2) is 15.9 Å². The molecule has 0 aliphatic carbocycles. The van der Waals surface area contributed by atoms with Crippen molar-refractivity contribution in [2.75, 3.05) is 5.32 Å². The van der Waals surface area contributed by atoms with Crippen LogP contribution in [0.1, 0.15) is 66.6 Å². The molecule has 2 aromatic carbocycles. The van der Waals surface area contributed by atoms with E-state index in [1.54, 1.807) is 12.4 Å². The zero-order valence-electron chi connectivity index (χ0n) is 17.4. The van der Waals surface area contributed by atoms with E-state index in [-0.39, 0.29) is 5.91 Å². The Balaban J connectivity index is 1.73. The summed E-state index contributed by atoms with van der Waals surface area (Å²) in [7, 11) is 0. The molecule has 0 saturated carbocycles. The van der Waals surface area contributed by atoms with Crippen LogP contribution in [0.5, 0.6) is 0 Å². The number of para-hydroxylation sites is 1.